The minimum atomic E-state index is -6.19. The van der Waals surface area contributed by atoms with Crippen LogP contribution in [0.3, 0.4) is 0 Å². The fourth-order valence-electron chi connectivity index (χ4n) is 0.187. The van der Waals surface area contributed by atoms with Gasteiger partial charge in [0, 0.05) is 0 Å². The SMILES string of the molecule is N=NP(=O)(O)OS(=O)(=O)C(F)(F)F. The molecule has 0 spiro atoms. The van der Waals surface area contributed by atoms with E-state index in [1.165, 1.54) is 0 Å². The van der Waals surface area contributed by atoms with Gasteiger partial charge in [-0.15, -0.1) is 0 Å². The number of nitrogens with one attached hydrogen (secondary N) is 1. The minimum Gasteiger partial charge on any atom is -0.305 e. The highest BCUT2D eigenvalue weighted by atomic mass is 32.2. The zero-order chi connectivity index (χ0) is 10.9. The van der Waals surface area contributed by atoms with Crippen LogP contribution >= 0.6 is 7.75 Å². The monoisotopic (exact) mass is 242 g/mol. The van der Waals surface area contributed by atoms with Gasteiger partial charge in [0.1, 0.15) is 0 Å². The molecule has 0 bridgehead atoms. The second-order valence-corrected chi connectivity index (χ2v) is 4.71. The standard InChI is InChI=1S/CH2F3N2O5PS/c2-1(3,4)13(9,10)11-12(7,8)6-5/h5H,(H,7,8). The molecular weight excluding hydrogens is 240 g/mol. The maximum atomic E-state index is 11.5. The summed E-state index contributed by atoms with van der Waals surface area (Å²) in [4.78, 5) is 9.80. The second kappa shape index (κ2) is 3.33. The highest BCUT2D eigenvalue weighted by Crippen LogP contribution is 2.47. The van der Waals surface area contributed by atoms with E-state index in [1.807, 2.05) is 0 Å². The molecule has 13 heavy (non-hydrogen) atoms. The second-order valence-electron chi connectivity index (χ2n) is 1.56. The normalized spacial score (nSPS) is 17.8. The molecule has 0 fully saturated rings. The summed E-state index contributed by atoms with van der Waals surface area (Å²) in [6, 6.07) is 0. The minimum absolute atomic E-state index is 1.68. The summed E-state index contributed by atoms with van der Waals surface area (Å²) >= 11 is 0. The van der Waals surface area contributed by atoms with Crippen molar-refractivity contribution in [3.8, 4) is 0 Å². The van der Waals surface area contributed by atoms with E-state index in [0.717, 1.165) is 0 Å². The first kappa shape index (κ1) is 12.5. The van der Waals surface area contributed by atoms with E-state index in [4.69, 9.17) is 10.4 Å². The molecular formula is CH2F3N2O5PS. The highest BCUT2D eigenvalue weighted by Gasteiger charge is 2.51. The van der Waals surface area contributed by atoms with Gasteiger partial charge in [0.25, 0.3) is 0 Å². The van der Waals surface area contributed by atoms with Crippen molar-refractivity contribution in [2.75, 3.05) is 0 Å². The van der Waals surface area contributed by atoms with Crippen LogP contribution in [0.5, 0.6) is 0 Å². The van der Waals surface area contributed by atoms with Crippen molar-refractivity contribution in [1.29, 1.82) is 5.53 Å². The van der Waals surface area contributed by atoms with Crippen LogP contribution in [-0.2, 0) is 18.7 Å². The number of hydrogen-bond acceptors (Lipinski definition) is 5. The molecule has 0 aromatic carbocycles. The molecule has 0 aliphatic rings. The van der Waals surface area contributed by atoms with Crippen molar-refractivity contribution in [1.82, 2.24) is 0 Å². The van der Waals surface area contributed by atoms with Gasteiger partial charge in [-0.1, -0.05) is 4.88 Å². The lowest BCUT2D eigenvalue weighted by Crippen LogP contribution is -2.24. The van der Waals surface area contributed by atoms with Gasteiger partial charge in [-0.05, 0) is 0 Å². The molecule has 0 rings (SSSR count). The summed E-state index contributed by atoms with van der Waals surface area (Å²) in [5.41, 5.74) is 0.0217. The summed E-state index contributed by atoms with van der Waals surface area (Å²) < 4.78 is 67.3. The van der Waals surface area contributed by atoms with Crippen LogP contribution in [0.25, 0.3) is 0 Å². The first-order chi connectivity index (χ1) is 5.52. The molecule has 1 unspecified atom stereocenters. The molecule has 12 heteroatoms. The summed E-state index contributed by atoms with van der Waals surface area (Å²) in [7, 11) is -11.6. The average molecular weight is 242 g/mol. The first-order valence-corrected chi connectivity index (χ1v) is 5.20. The molecule has 0 saturated heterocycles. The Labute approximate surface area is 69.7 Å². The molecule has 0 amide bonds. The number of halogens is 3. The lowest BCUT2D eigenvalue weighted by molar-refractivity contribution is -0.0503. The van der Waals surface area contributed by atoms with Crippen molar-refractivity contribution in [2.45, 2.75) is 5.51 Å². The lowest BCUT2D eigenvalue weighted by atomic mass is 11.6. The van der Waals surface area contributed by atoms with E-state index in [9.17, 15) is 26.2 Å². The number of rotatable bonds is 3. The van der Waals surface area contributed by atoms with Crippen LogP contribution in [-0.4, -0.2) is 18.8 Å². The van der Waals surface area contributed by atoms with Gasteiger partial charge in [0.05, 0.1) is 0 Å². The predicted molar refractivity (Wildman–Crippen MR) is 31.0 cm³/mol. The van der Waals surface area contributed by atoms with Gasteiger partial charge in [-0.3, -0.25) is 0 Å². The Morgan fingerprint density at radius 1 is 1.46 bits per heavy atom. The number of alkyl halides is 3. The molecule has 0 aliphatic carbocycles. The molecule has 0 radical (unpaired) electrons. The van der Waals surface area contributed by atoms with Gasteiger partial charge >= 0.3 is 23.4 Å². The zero-order valence-electron chi connectivity index (χ0n) is 5.52. The Kier molecular flexibility index (Phi) is 3.20. The van der Waals surface area contributed by atoms with Crippen molar-refractivity contribution in [3.63, 3.8) is 0 Å². The summed E-state index contributed by atoms with van der Waals surface area (Å²) in [6.07, 6.45) is 0. The van der Waals surface area contributed by atoms with E-state index in [2.05, 4.69) is 3.97 Å². The van der Waals surface area contributed by atoms with E-state index >= 15 is 0 Å². The Hall–Kier alpha value is -0.510. The van der Waals surface area contributed by atoms with E-state index < -0.39 is 23.4 Å². The molecule has 0 aliphatic heterocycles. The summed E-state index contributed by atoms with van der Waals surface area (Å²) in [5.74, 6) is 0. The number of nitrogens with zero attached hydrogens (tertiary/aromatic N) is 1. The smallest absolute Gasteiger partial charge is 0.305 e. The topological polar surface area (TPSA) is 117 Å². The third-order valence-corrected chi connectivity index (χ3v) is 2.99. The summed E-state index contributed by atoms with van der Waals surface area (Å²) in [5, 5.41) is 0. The largest absolute Gasteiger partial charge is 0.523 e. The fourth-order valence-corrected chi connectivity index (χ4v) is 1.68. The lowest BCUT2D eigenvalue weighted by Gasteiger charge is -2.07. The van der Waals surface area contributed by atoms with E-state index in [0.29, 0.717) is 0 Å². The molecule has 0 heterocycles. The van der Waals surface area contributed by atoms with Crippen LogP contribution in [0.1, 0.15) is 0 Å². The van der Waals surface area contributed by atoms with Crippen LogP contribution in [0.2, 0.25) is 0 Å². The fraction of sp³-hybridized carbons (Fsp3) is 1.00. The molecule has 0 saturated carbocycles. The molecule has 0 aromatic heterocycles. The van der Waals surface area contributed by atoms with E-state index in [-0.39, 0.29) is 0 Å². The molecule has 2 N–H and O–H groups in total. The maximum absolute atomic E-state index is 11.5. The van der Waals surface area contributed by atoms with Gasteiger partial charge < -0.3 is 4.89 Å². The van der Waals surface area contributed by atoms with Crippen LogP contribution in [0, 0.1) is 5.53 Å². The van der Waals surface area contributed by atoms with Crippen LogP contribution < -0.4 is 0 Å². The Bertz CT molecular complexity index is 345. The predicted octanol–water partition coefficient (Wildman–Crippen LogP) is 0.984. The Balaban J connectivity index is 4.96. The van der Waals surface area contributed by atoms with Crippen molar-refractivity contribution in [3.05, 3.63) is 0 Å². The quantitative estimate of drug-likeness (QED) is 0.434. The van der Waals surface area contributed by atoms with Gasteiger partial charge in [-0.25, -0.2) is 4.57 Å². The van der Waals surface area contributed by atoms with Gasteiger partial charge in [0.15, 0.2) is 0 Å². The Morgan fingerprint density at radius 2 is 1.85 bits per heavy atom. The molecule has 0 aromatic rings. The van der Waals surface area contributed by atoms with Gasteiger partial charge in [-0.2, -0.15) is 31.1 Å². The summed E-state index contributed by atoms with van der Waals surface area (Å²) in [6.45, 7) is 0. The highest BCUT2D eigenvalue weighted by molar-refractivity contribution is 7.91. The van der Waals surface area contributed by atoms with Crippen LogP contribution in [0.4, 0.5) is 13.2 Å². The Morgan fingerprint density at radius 3 is 2.08 bits per heavy atom. The molecule has 7 nitrogen and oxygen atoms in total. The number of hydrogen-bond donors (Lipinski definition) is 2. The van der Waals surface area contributed by atoms with Crippen molar-refractivity contribution in [2.24, 2.45) is 4.88 Å². The maximum Gasteiger partial charge on any atom is 0.523 e. The average Bonchev–Trinajstić information content (AvgIpc) is 1.83. The third kappa shape index (κ3) is 3.38. The van der Waals surface area contributed by atoms with E-state index in [1.54, 1.807) is 4.88 Å². The van der Waals surface area contributed by atoms with Gasteiger partial charge in [0.2, 0.25) is 0 Å². The zero-order valence-corrected chi connectivity index (χ0v) is 7.23. The first-order valence-electron chi connectivity index (χ1n) is 2.26. The molecule has 1 atom stereocenters. The van der Waals surface area contributed by atoms with Crippen LogP contribution in [0.15, 0.2) is 4.88 Å². The van der Waals surface area contributed by atoms with Crippen molar-refractivity contribution < 1.29 is 35.0 Å². The van der Waals surface area contributed by atoms with Crippen molar-refractivity contribution >= 4 is 17.9 Å². The molecule has 78 valence electrons. The third-order valence-electron chi connectivity index (χ3n) is 0.605.